The molecular weight excluding hydrogens is 969 g/mol. The molecule has 1 N–H and O–H groups in total. The quantitative estimate of drug-likeness (QED) is 0.0112. The van der Waals surface area contributed by atoms with E-state index in [0.717, 1.165) is 107 Å². The molecule has 0 saturated carbocycles. The number of methoxy groups -OCH3 is 6. The van der Waals surface area contributed by atoms with Crippen molar-refractivity contribution >= 4 is 40.6 Å². The summed E-state index contributed by atoms with van der Waals surface area (Å²) in [5.74, 6) is -0.354. The normalized spacial score (nSPS) is 10.7. The molecule has 0 aliphatic heterocycles. The number of carbonyl (C=O) groups excluding carboxylic acids is 3. The fourth-order valence-electron chi connectivity index (χ4n) is 7.98. The third kappa shape index (κ3) is 19.1. The fourth-order valence-corrected chi connectivity index (χ4v) is 7.98. The zero-order chi connectivity index (χ0) is 54.5. The fraction of sp³-hybridized carbons (Fsp3) is 0.414. The first-order valence-electron chi connectivity index (χ1n) is 24.9. The topological polar surface area (TPSA) is 199 Å². The van der Waals surface area contributed by atoms with Crippen LogP contribution in [0, 0.1) is 0 Å². The Labute approximate surface area is 440 Å². The highest BCUT2D eigenvalue weighted by Gasteiger charge is 2.18. The Morgan fingerprint density at radius 1 is 0.387 bits per heavy atom. The first-order valence-corrected chi connectivity index (χ1v) is 24.9. The van der Waals surface area contributed by atoms with E-state index in [0.29, 0.717) is 71.0 Å². The van der Waals surface area contributed by atoms with Gasteiger partial charge in [-0.05, 0) is 140 Å². The molecule has 0 atom stereocenters. The molecule has 17 nitrogen and oxygen atoms in total. The van der Waals surface area contributed by atoms with Crippen LogP contribution in [0.5, 0.6) is 34.5 Å². The van der Waals surface area contributed by atoms with Crippen molar-refractivity contribution in [3.8, 4) is 34.5 Å². The number of unbranched alkanes of at least 4 members (excludes halogenated alkanes) is 9. The van der Waals surface area contributed by atoms with E-state index in [1.165, 1.54) is 48.2 Å². The zero-order valence-electron chi connectivity index (χ0n) is 44.2. The van der Waals surface area contributed by atoms with Crippen LogP contribution in [0.25, 0.3) is 16.7 Å². The number of esters is 3. The summed E-state index contributed by atoms with van der Waals surface area (Å²) >= 11 is 0. The maximum absolute atomic E-state index is 12.5. The van der Waals surface area contributed by atoms with Gasteiger partial charge in [0.05, 0.1) is 84.8 Å². The lowest BCUT2D eigenvalue weighted by Gasteiger charge is -2.17. The molecule has 0 heterocycles. The molecule has 0 aromatic heterocycles. The number of rotatable bonds is 37. The van der Waals surface area contributed by atoms with Crippen LogP contribution in [0.3, 0.4) is 0 Å². The van der Waals surface area contributed by atoms with Gasteiger partial charge in [0.2, 0.25) is 17.2 Å². The van der Waals surface area contributed by atoms with Crippen LogP contribution in [0.1, 0.15) is 121 Å². The van der Waals surface area contributed by atoms with Gasteiger partial charge < -0.3 is 48.2 Å². The minimum atomic E-state index is -0.958. The summed E-state index contributed by atoms with van der Waals surface area (Å²) < 4.78 is 30.6. The Hall–Kier alpha value is -7.34. The Kier molecular flexibility index (Phi) is 26.3. The Bertz CT molecular complexity index is 2430. The molecule has 0 aliphatic rings. The number of ether oxygens (including phenoxy) is 6. The molecule has 0 saturated heterocycles. The Balaban J connectivity index is 1.30. The van der Waals surface area contributed by atoms with Gasteiger partial charge in [-0.1, -0.05) is 76.5 Å². The second-order valence-corrected chi connectivity index (χ2v) is 17.3. The first-order chi connectivity index (χ1) is 36.3. The highest BCUT2D eigenvalue weighted by atomic mass is 17.2. The summed E-state index contributed by atoms with van der Waals surface area (Å²) in [6.07, 6.45) is 12.5. The van der Waals surface area contributed by atoms with Crippen LogP contribution in [0.2, 0.25) is 0 Å². The van der Waals surface area contributed by atoms with Crippen molar-refractivity contribution in [1.82, 2.24) is 0 Å². The average molecular weight is 1040 g/mol. The molecule has 0 fully saturated rings. The van der Waals surface area contributed by atoms with Gasteiger partial charge in [0.25, 0.3) is 0 Å². The molecule has 0 bridgehead atoms. The van der Waals surface area contributed by atoms with E-state index >= 15 is 0 Å². The van der Waals surface area contributed by atoms with E-state index in [1.807, 2.05) is 12.1 Å². The largest absolute Gasteiger partial charge is 0.493 e. The third-order valence-corrected chi connectivity index (χ3v) is 12.2. The van der Waals surface area contributed by atoms with Crippen LogP contribution < -0.4 is 28.9 Å². The van der Waals surface area contributed by atoms with Gasteiger partial charge in [-0.15, -0.1) is 0 Å². The number of aryl methyl sites for hydroxylation is 2. The number of aromatic carboxylic acids is 1. The number of carboxylic acids is 1. The summed E-state index contributed by atoms with van der Waals surface area (Å²) in [5.41, 5.74) is 5.81. The van der Waals surface area contributed by atoms with Gasteiger partial charge in [0.1, 0.15) is 0 Å². The lowest BCUT2D eigenvalue weighted by Crippen LogP contribution is -2.07. The Morgan fingerprint density at radius 2 is 0.693 bits per heavy atom. The van der Waals surface area contributed by atoms with Crippen LogP contribution in [0.4, 0.5) is 0 Å². The lowest BCUT2D eigenvalue weighted by molar-refractivity contribution is -0.208. The van der Waals surface area contributed by atoms with Gasteiger partial charge in [-0.3, -0.25) is 0 Å². The van der Waals surface area contributed by atoms with E-state index in [2.05, 4.69) is 19.7 Å². The summed E-state index contributed by atoms with van der Waals surface area (Å²) in [6.45, 7) is 12.4. The molecule has 0 unspecified atom stereocenters. The molecule has 17 heteroatoms. The van der Waals surface area contributed by atoms with Crippen molar-refractivity contribution in [3.63, 3.8) is 0 Å². The van der Waals surface area contributed by atoms with Crippen molar-refractivity contribution in [1.29, 1.82) is 0 Å². The highest BCUT2D eigenvalue weighted by molar-refractivity contribution is 6.16. The zero-order valence-corrected chi connectivity index (χ0v) is 44.2. The molecule has 0 aliphatic carbocycles. The molecule has 0 spiro atoms. The molecule has 0 amide bonds. The predicted octanol–water partition coefficient (Wildman–Crippen LogP) is 11.3. The lowest BCUT2D eigenvalue weighted by atomic mass is 9.88. The maximum Gasteiger partial charge on any atom is 0.337 e. The van der Waals surface area contributed by atoms with E-state index < -0.39 is 23.9 Å². The highest BCUT2D eigenvalue weighted by Crippen LogP contribution is 2.34. The van der Waals surface area contributed by atoms with Crippen LogP contribution in [0.15, 0.2) is 86.5 Å². The van der Waals surface area contributed by atoms with Gasteiger partial charge in [-0.25, -0.2) is 19.2 Å². The second-order valence-electron chi connectivity index (χ2n) is 17.3. The number of benzene rings is 4. The summed E-state index contributed by atoms with van der Waals surface area (Å²) in [5, 5.41) is 10.2. The number of hydrogen-bond acceptors (Lipinski definition) is 16. The molecule has 4 aromatic carbocycles. The van der Waals surface area contributed by atoms with Crippen molar-refractivity contribution in [3.05, 3.63) is 125 Å². The molecular formula is C58H72O17. The van der Waals surface area contributed by atoms with Crippen molar-refractivity contribution in [2.45, 2.75) is 96.3 Å². The molecule has 4 aromatic rings. The predicted molar refractivity (Wildman–Crippen MR) is 282 cm³/mol. The van der Waals surface area contributed by atoms with Crippen LogP contribution in [-0.4, -0.2) is 91.5 Å². The van der Waals surface area contributed by atoms with Gasteiger partial charge >= 0.3 is 23.9 Å². The van der Waals surface area contributed by atoms with Gasteiger partial charge in [0.15, 0.2) is 17.2 Å². The standard InChI is InChI=1S/C58H72O17/c1-39(56(61)67-7)42-25-28-49(52(36-42)64-4)73-70-31-19-13-10-16-22-45-34-47(55(59)60)35-46(23-17-11-14-20-32-71-74-50-29-26-43(37-53(50)65-5)40(2)57(62)68-8)48(45)24-18-12-15-21-33-72-75-51-30-27-44(38-54(51)66-6)41(3)58(63)69-9/h25-30,34-38H,1-3,10-24,31-33H2,4-9H3,(H,59,60). The van der Waals surface area contributed by atoms with Gasteiger partial charge in [-0.2, -0.15) is 14.7 Å². The van der Waals surface area contributed by atoms with E-state index in [4.69, 9.17) is 57.7 Å². The van der Waals surface area contributed by atoms with Gasteiger partial charge in [0, 0.05) is 0 Å². The average Bonchev–Trinajstić information content (AvgIpc) is 3.43. The molecule has 4 rings (SSSR count). The number of carbonyl (C=O) groups is 4. The smallest absolute Gasteiger partial charge is 0.337 e. The first kappa shape index (κ1) is 60.2. The summed E-state index contributed by atoms with van der Waals surface area (Å²) in [6, 6.07) is 18.5. The third-order valence-electron chi connectivity index (χ3n) is 12.2. The molecule has 0 radical (unpaired) electrons. The Morgan fingerprint density at radius 3 is 0.987 bits per heavy atom. The van der Waals surface area contributed by atoms with E-state index in [1.54, 1.807) is 54.6 Å². The number of hydrogen-bond donors (Lipinski definition) is 1. The number of carboxylic acid groups (broad SMARTS) is 1. The second kappa shape index (κ2) is 32.8. The summed E-state index contributed by atoms with van der Waals surface area (Å²) in [4.78, 5) is 81.4. The summed E-state index contributed by atoms with van der Waals surface area (Å²) in [7, 11) is 8.35. The minimum Gasteiger partial charge on any atom is -0.493 e. The van der Waals surface area contributed by atoms with Crippen molar-refractivity contribution < 1.29 is 82.0 Å². The van der Waals surface area contributed by atoms with E-state index in [9.17, 15) is 24.3 Å². The monoisotopic (exact) mass is 1040 g/mol. The SMILES string of the molecule is C=C(C(=O)OC)c1ccc(OOCCCCCCc2cc(C(=O)O)cc(CCCCCCOOc3ccc(C(=C)C(=O)OC)cc3OC)c2CCCCCCOOc2ccc(C(=C)C(=O)OC)cc2OC)c(OC)c1. The van der Waals surface area contributed by atoms with E-state index in [-0.39, 0.29) is 22.3 Å². The maximum atomic E-state index is 12.5. The van der Waals surface area contributed by atoms with Crippen LogP contribution >= 0.6 is 0 Å². The molecule has 406 valence electrons. The van der Waals surface area contributed by atoms with Crippen molar-refractivity contribution in [2.75, 3.05) is 62.5 Å². The van der Waals surface area contributed by atoms with Crippen LogP contribution in [-0.2, 0) is 62.5 Å². The minimum absolute atomic E-state index is 0.191. The molecule has 75 heavy (non-hydrogen) atoms. The van der Waals surface area contributed by atoms with Crippen molar-refractivity contribution in [2.24, 2.45) is 0 Å².